The number of hydrogen-bond acceptors (Lipinski definition) is 1. The molecule has 0 amide bonds. The van der Waals surface area contributed by atoms with E-state index in [0.717, 1.165) is 6.04 Å². The van der Waals surface area contributed by atoms with E-state index >= 15 is 0 Å². The first-order chi connectivity index (χ1) is 13.4. The summed E-state index contributed by atoms with van der Waals surface area (Å²) in [5.74, 6) is 0. The Bertz CT molecular complexity index is 821. The zero-order valence-corrected chi connectivity index (χ0v) is 16.2. The van der Waals surface area contributed by atoms with E-state index in [-0.39, 0.29) is 0 Å². The molecule has 0 aromatic heterocycles. The second-order valence-corrected chi connectivity index (χ2v) is 8.31. The largest absolute Gasteiger partial charge is 0.300 e. The molecule has 27 heavy (non-hydrogen) atoms. The zero-order chi connectivity index (χ0) is 18.1. The molecule has 2 aliphatic carbocycles. The van der Waals surface area contributed by atoms with Crippen LogP contribution in [0.25, 0.3) is 17.7 Å². The highest BCUT2D eigenvalue weighted by Gasteiger charge is 2.26. The van der Waals surface area contributed by atoms with Crippen molar-refractivity contribution in [3.8, 4) is 0 Å². The van der Waals surface area contributed by atoms with Gasteiger partial charge in [0.2, 0.25) is 0 Å². The normalized spacial score (nSPS) is 20.9. The van der Waals surface area contributed by atoms with Crippen molar-refractivity contribution in [3.05, 3.63) is 76.4 Å². The summed E-state index contributed by atoms with van der Waals surface area (Å²) in [4.78, 5) is 2.79. The van der Waals surface area contributed by atoms with Crippen LogP contribution in [0.15, 0.2) is 54.1 Å². The van der Waals surface area contributed by atoms with Crippen LogP contribution in [-0.2, 0) is 0 Å². The molecule has 0 N–H and O–H groups in total. The SMILES string of the molecule is C1=Cc2ccccc2C(=C2CCN(C3CCCCC3)CC2)c2ccccc21. The number of likely N-dealkylation sites (tertiary alicyclic amines) is 1. The van der Waals surface area contributed by atoms with E-state index in [4.69, 9.17) is 0 Å². The van der Waals surface area contributed by atoms with Crippen LogP contribution in [0, 0.1) is 0 Å². The third-order valence-electron chi connectivity index (χ3n) is 6.75. The number of nitrogens with zero attached hydrogens (tertiary/aromatic N) is 1. The van der Waals surface area contributed by atoms with Gasteiger partial charge >= 0.3 is 0 Å². The molecule has 2 aromatic carbocycles. The monoisotopic (exact) mass is 355 g/mol. The molecule has 3 aliphatic rings. The Balaban J connectivity index is 1.51. The molecule has 2 aromatic rings. The Morgan fingerprint density at radius 3 is 1.81 bits per heavy atom. The zero-order valence-electron chi connectivity index (χ0n) is 16.2. The highest BCUT2D eigenvalue weighted by molar-refractivity contribution is 5.94. The number of piperidine rings is 1. The molecular formula is C26H29N. The predicted molar refractivity (Wildman–Crippen MR) is 116 cm³/mol. The molecule has 1 nitrogen and oxygen atoms in total. The second kappa shape index (κ2) is 7.48. The Morgan fingerprint density at radius 1 is 0.667 bits per heavy atom. The van der Waals surface area contributed by atoms with Gasteiger partial charge in [-0.25, -0.2) is 0 Å². The molecule has 0 spiro atoms. The molecule has 5 rings (SSSR count). The van der Waals surface area contributed by atoms with Gasteiger partial charge in [0.05, 0.1) is 0 Å². The average Bonchev–Trinajstić information content (AvgIpc) is 2.91. The lowest BCUT2D eigenvalue weighted by Crippen LogP contribution is -2.40. The third kappa shape index (κ3) is 3.30. The summed E-state index contributed by atoms with van der Waals surface area (Å²) in [6.45, 7) is 2.47. The minimum Gasteiger partial charge on any atom is -0.300 e. The molecule has 1 heterocycles. The van der Waals surface area contributed by atoms with E-state index in [1.54, 1.807) is 5.57 Å². The maximum absolute atomic E-state index is 2.79. The average molecular weight is 356 g/mol. The number of fused-ring (bicyclic) bond motifs is 2. The Kier molecular flexibility index (Phi) is 4.71. The standard InChI is InChI=1S/C26H29N/c1-2-10-23(11-3-1)27-18-16-22(17-19-27)26-24-12-6-4-8-20(24)14-15-21-9-5-7-13-25(21)26/h4-9,12-15,23H,1-3,10-11,16-19H2. The van der Waals surface area contributed by atoms with Gasteiger partial charge in [-0.3, -0.25) is 4.90 Å². The summed E-state index contributed by atoms with van der Waals surface area (Å²) >= 11 is 0. The van der Waals surface area contributed by atoms with Crippen LogP contribution in [0.4, 0.5) is 0 Å². The first-order valence-electron chi connectivity index (χ1n) is 10.7. The van der Waals surface area contributed by atoms with E-state index in [2.05, 4.69) is 65.6 Å². The van der Waals surface area contributed by atoms with Crippen LogP contribution in [0.1, 0.15) is 67.2 Å². The molecule has 138 valence electrons. The predicted octanol–water partition coefficient (Wildman–Crippen LogP) is 6.40. The summed E-state index contributed by atoms with van der Waals surface area (Å²) in [6, 6.07) is 18.7. The summed E-state index contributed by atoms with van der Waals surface area (Å²) in [5.41, 5.74) is 8.71. The van der Waals surface area contributed by atoms with Gasteiger partial charge < -0.3 is 0 Å². The van der Waals surface area contributed by atoms with Crippen molar-refractivity contribution >= 4 is 17.7 Å². The lowest BCUT2D eigenvalue weighted by molar-refractivity contribution is 0.146. The first-order valence-corrected chi connectivity index (χ1v) is 10.7. The van der Waals surface area contributed by atoms with Crippen molar-refractivity contribution in [2.75, 3.05) is 13.1 Å². The van der Waals surface area contributed by atoms with E-state index < -0.39 is 0 Å². The maximum atomic E-state index is 2.79. The van der Waals surface area contributed by atoms with Gasteiger partial charge in [0, 0.05) is 19.1 Å². The van der Waals surface area contributed by atoms with E-state index in [1.807, 2.05) is 0 Å². The van der Waals surface area contributed by atoms with Crippen molar-refractivity contribution < 1.29 is 0 Å². The molecule has 1 heteroatoms. The summed E-state index contributed by atoms with van der Waals surface area (Å²) in [6.07, 6.45) is 14.2. The minimum atomic E-state index is 0.848. The molecular weight excluding hydrogens is 326 g/mol. The van der Waals surface area contributed by atoms with Crippen molar-refractivity contribution in [2.24, 2.45) is 0 Å². The molecule has 1 aliphatic heterocycles. The number of rotatable bonds is 1. The van der Waals surface area contributed by atoms with Gasteiger partial charge in [0.25, 0.3) is 0 Å². The van der Waals surface area contributed by atoms with Crippen LogP contribution in [-0.4, -0.2) is 24.0 Å². The molecule has 0 atom stereocenters. The van der Waals surface area contributed by atoms with Gasteiger partial charge in [0.1, 0.15) is 0 Å². The molecule has 2 fully saturated rings. The van der Waals surface area contributed by atoms with E-state index in [0.29, 0.717) is 0 Å². The van der Waals surface area contributed by atoms with Gasteiger partial charge in [-0.15, -0.1) is 0 Å². The topological polar surface area (TPSA) is 3.24 Å². The van der Waals surface area contributed by atoms with Gasteiger partial charge in [-0.2, -0.15) is 0 Å². The Hall–Kier alpha value is -2.12. The Labute approximate surface area is 163 Å². The van der Waals surface area contributed by atoms with E-state index in [9.17, 15) is 0 Å². The lowest BCUT2D eigenvalue weighted by atomic mass is 9.85. The highest BCUT2D eigenvalue weighted by Crippen LogP contribution is 2.39. The van der Waals surface area contributed by atoms with Crippen molar-refractivity contribution in [2.45, 2.75) is 51.0 Å². The molecule has 0 bridgehead atoms. The quantitative estimate of drug-likeness (QED) is 0.488. The fourth-order valence-electron chi connectivity index (χ4n) is 5.30. The Morgan fingerprint density at radius 2 is 1.22 bits per heavy atom. The van der Waals surface area contributed by atoms with Crippen LogP contribution >= 0.6 is 0 Å². The van der Waals surface area contributed by atoms with Crippen LogP contribution in [0.5, 0.6) is 0 Å². The fraction of sp³-hybridized carbons (Fsp3) is 0.385. The van der Waals surface area contributed by atoms with Crippen molar-refractivity contribution in [1.29, 1.82) is 0 Å². The maximum Gasteiger partial charge on any atom is 0.00955 e. The lowest BCUT2D eigenvalue weighted by Gasteiger charge is -2.38. The highest BCUT2D eigenvalue weighted by atomic mass is 15.2. The summed E-state index contributed by atoms with van der Waals surface area (Å²) in [7, 11) is 0. The van der Waals surface area contributed by atoms with Gasteiger partial charge in [-0.05, 0) is 53.5 Å². The van der Waals surface area contributed by atoms with Crippen LogP contribution in [0.2, 0.25) is 0 Å². The van der Waals surface area contributed by atoms with Crippen LogP contribution < -0.4 is 0 Å². The fourth-order valence-corrected chi connectivity index (χ4v) is 5.30. The summed E-state index contributed by atoms with van der Waals surface area (Å²) < 4.78 is 0. The third-order valence-corrected chi connectivity index (χ3v) is 6.75. The van der Waals surface area contributed by atoms with Crippen molar-refractivity contribution in [3.63, 3.8) is 0 Å². The van der Waals surface area contributed by atoms with Gasteiger partial charge in [-0.1, -0.05) is 85.5 Å². The van der Waals surface area contributed by atoms with Crippen molar-refractivity contribution in [1.82, 2.24) is 4.90 Å². The second-order valence-electron chi connectivity index (χ2n) is 8.31. The molecule has 1 saturated carbocycles. The molecule has 0 unspecified atom stereocenters. The molecule has 0 radical (unpaired) electrons. The smallest absolute Gasteiger partial charge is 0.00955 e. The minimum absolute atomic E-state index is 0.848. The van der Waals surface area contributed by atoms with Gasteiger partial charge in [0.15, 0.2) is 0 Å². The number of benzene rings is 2. The van der Waals surface area contributed by atoms with Crippen LogP contribution in [0.3, 0.4) is 0 Å². The van der Waals surface area contributed by atoms with E-state index in [1.165, 1.54) is 85.9 Å². The first kappa shape index (κ1) is 17.0. The molecule has 1 saturated heterocycles. The number of hydrogen-bond donors (Lipinski definition) is 0. The summed E-state index contributed by atoms with van der Waals surface area (Å²) in [5, 5.41) is 0.